The second-order valence-corrected chi connectivity index (χ2v) is 6.00. The van der Waals surface area contributed by atoms with Gasteiger partial charge in [-0.1, -0.05) is 0 Å². The first-order valence-corrected chi connectivity index (χ1v) is 7.40. The molecule has 0 saturated heterocycles. The van der Waals surface area contributed by atoms with Crippen molar-refractivity contribution in [3.63, 3.8) is 0 Å². The maximum absolute atomic E-state index is 12.0. The molecular weight excluding hydrogens is 274 g/mol. The van der Waals surface area contributed by atoms with Crippen LogP contribution in [0.15, 0.2) is 10.3 Å². The van der Waals surface area contributed by atoms with E-state index in [4.69, 9.17) is 6.42 Å². The zero-order valence-electron chi connectivity index (χ0n) is 10.0. The van der Waals surface area contributed by atoms with Gasteiger partial charge in [-0.15, -0.1) is 23.7 Å². The number of esters is 1. The van der Waals surface area contributed by atoms with Crippen molar-refractivity contribution in [2.45, 2.75) is 18.2 Å². The first-order chi connectivity index (χ1) is 8.44. The quantitative estimate of drug-likeness (QED) is 0.501. The molecule has 0 aliphatic rings. The van der Waals surface area contributed by atoms with Gasteiger partial charge in [-0.3, -0.25) is 0 Å². The minimum Gasteiger partial charge on any atom is -0.465 e. The molecule has 98 valence electrons. The number of ether oxygens (including phenoxy) is 1. The lowest BCUT2D eigenvalue weighted by atomic mass is 10.3. The molecule has 1 aromatic rings. The van der Waals surface area contributed by atoms with Crippen molar-refractivity contribution in [2.75, 3.05) is 13.7 Å². The van der Waals surface area contributed by atoms with Gasteiger partial charge in [-0.2, -0.15) is 0 Å². The van der Waals surface area contributed by atoms with Gasteiger partial charge in [0.2, 0.25) is 10.0 Å². The van der Waals surface area contributed by atoms with Crippen LogP contribution in [0.3, 0.4) is 0 Å². The molecule has 1 rings (SSSR count). The largest absolute Gasteiger partial charge is 0.465 e. The van der Waals surface area contributed by atoms with Crippen molar-refractivity contribution in [1.82, 2.24) is 4.72 Å². The van der Waals surface area contributed by atoms with E-state index in [-0.39, 0.29) is 22.7 Å². The van der Waals surface area contributed by atoms with Gasteiger partial charge in [0, 0.05) is 13.0 Å². The monoisotopic (exact) mass is 287 g/mol. The van der Waals surface area contributed by atoms with E-state index < -0.39 is 16.0 Å². The summed E-state index contributed by atoms with van der Waals surface area (Å²) in [4.78, 5) is 11.5. The Bertz CT molecular complexity index is 581. The Labute approximate surface area is 110 Å². The third-order valence-corrected chi connectivity index (χ3v) is 4.97. The first kappa shape index (κ1) is 14.7. The molecule has 18 heavy (non-hydrogen) atoms. The summed E-state index contributed by atoms with van der Waals surface area (Å²) in [5.41, 5.74) is 0.508. The van der Waals surface area contributed by atoms with E-state index in [1.165, 1.54) is 7.11 Å². The predicted molar refractivity (Wildman–Crippen MR) is 69.0 cm³/mol. The van der Waals surface area contributed by atoms with Crippen molar-refractivity contribution >= 4 is 27.3 Å². The summed E-state index contributed by atoms with van der Waals surface area (Å²) in [5.74, 6) is 1.67. The second kappa shape index (κ2) is 6.00. The second-order valence-electron chi connectivity index (χ2n) is 3.42. The lowest BCUT2D eigenvalue weighted by Gasteiger charge is -2.07. The van der Waals surface area contributed by atoms with Gasteiger partial charge in [0.05, 0.1) is 7.11 Å². The predicted octanol–water partition coefficient (Wildman–Crippen LogP) is 1.14. The molecule has 1 aromatic heterocycles. The topological polar surface area (TPSA) is 72.5 Å². The molecule has 1 N–H and O–H groups in total. The van der Waals surface area contributed by atoms with Gasteiger partial charge in [0.15, 0.2) is 0 Å². The Hall–Kier alpha value is -1.36. The molecule has 0 fully saturated rings. The van der Waals surface area contributed by atoms with Gasteiger partial charge in [0.1, 0.15) is 9.77 Å². The number of sulfonamides is 1. The molecule has 0 radical (unpaired) electrons. The maximum Gasteiger partial charge on any atom is 0.349 e. The standard InChI is InChI=1S/C11H13NO4S2/c1-4-5-6-12-18(14,15)10-8(2)7-17-9(10)11(13)16-3/h1,7,12H,5-6H2,2-3H3. The molecule has 0 saturated carbocycles. The van der Waals surface area contributed by atoms with Crippen LogP contribution < -0.4 is 4.72 Å². The number of terminal acetylenes is 1. The molecule has 0 aromatic carbocycles. The highest BCUT2D eigenvalue weighted by atomic mass is 32.2. The Kier molecular flexibility index (Phi) is 4.90. The highest BCUT2D eigenvalue weighted by molar-refractivity contribution is 7.89. The number of hydrogen-bond acceptors (Lipinski definition) is 5. The summed E-state index contributed by atoms with van der Waals surface area (Å²) in [6, 6.07) is 0. The van der Waals surface area contributed by atoms with Crippen molar-refractivity contribution in [3.8, 4) is 12.3 Å². The van der Waals surface area contributed by atoms with E-state index in [9.17, 15) is 13.2 Å². The highest BCUT2D eigenvalue weighted by Gasteiger charge is 2.26. The molecule has 0 amide bonds. The molecule has 0 spiro atoms. The fraction of sp³-hybridized carbons (Fsp3) is 0.364. The van der Waals surface area contributed by atoms with Crippen LogP contribution >= 0.6 is 11.3 Å². The van der Waals surface area contributed by atoms with E-state index >= 15 is 0 Å². The number of carbonyl (C=O) groups excluding carboxylic acids is 1. The van der Waals surface area contributed by atoms with Crippen molar-refractivity contribution in [3.05, 3.63) is 15.8 Å². The van der Waals surface area contributed by atoms with E-state index in [0.29, 0.717) is 5.56 Å². The SMILES string of the molecule is C#CCCNS(=O)(=O)c1c(C)csc1C(=O)OC. The number of nitrogens with one attached hydrogen (secondary N) is 1. The third-order valence-electron chi connectivity index (χ3n) is 2.12. The number of methoxy groups -OCH3 is 1. The Balaban J connectivity index is 3.12. The van der Waals surface area contributed by atoms with E-state index in [0.717, 1.165) is 11.3 Å². The van der Waals surface area contributed by atoms with Crippen molar-refractivity contribution in [1.29, 1.82) is 0 Å². The lowest BCUT2D eigenvalue weighted by molar-refractivity contribution is 0.0602. The Morgan fingerprint density at radius 1 is 1.61 bits per heavy atom. The van der Waals surface area contributed by atoms with Gasteiger partial charge in [-0.05, 0) is 17.9 Å². The molecule has 0 atom stereocenters. The van der Waals surface area contributed by atoms with Gasteiger partial charge in [0.25, 0.3) is 0 Å². The van der Waals surface area contributed by atoms with Crippen molar-refractivity contribution < 1.29 is 17.9 Å². The number of aryl methyl sites for hydroxylation is 1. The first-order valence-electron chi connectivity index (χ1n) is 5.03. The summed E-state index contributed by atoms with van der Waals surface area (Å²) >= 11 is 1.04. The van der Waals surface area contributed by atoms with E-state index in [2.05, 4.69) is 15.4 Å². The summed E-state index contributed by atoms with van der Waals surface area (Å²) in [6.45, 7) is 1.76. The van der Waals surface area contributed by atoms with Gasteiger partial charge in [-0.25, -0.2) is 17.9 Å². The average Bonchev–Trinajstić information content (AvgIpc) is 2.71. The van der Waals surface area contributed by atoms with Gasteiger partial charge >= 0.3 is 5.97 Å². The molecule has 0 aliphatic carbocycles. The molecule has 1 heterocycles. The average molecular weight is 287 g/mol. The number of carbonyl (C=O) groups is 1. The molecule has 0 unspecified atom stereocenters. The van der Waals surface area contributed by atoms with Crippen LogP contribution in [0.5, 0.6) is 0 Å². The minimum absolute atomic E-state index is 0.0311. The third kappa shape index (κ3) is 3.10. The normalized spacial score (nSPS) is 10.9. The van der Waals surface area contributed by atoms with Crippen LogP contribution in [0, 0.1) is 19.3 Å². The number of thiophene rings is 1. The van der Waals surface area contributed by atoms with Crippen LogP contribution in [0.25, 0.3) is 0 Å². The molecule has 0 aliphatic heterocycles. The summed E-state index contributed by atoms with van der Waals surface area (Å²) in [5, 5.41) is 1.60. The molecular formula is C11H13NO4S2. The fourth-order valence-corrected chi connectivity index (χ4v) is 4.06. The maximum atomic E-state index is 12.0. The summed E-state index contributed by atoms with van der Waals surface area (Å²) < 4.78 is 31.0. The summed E-state index contributed by atoms with van der Waals surface area (Å²) in [7, 11) is -2.53. The van der Waals surface area contributed by atoms with Crippen LogP contribution in [0.2, 0.25) is 0 Å². The van der Waals surface area contributed by atoms with Gasteiger partial charge < -0.3 is 4.74 Å². The molecule has 5 nitrogen and oxygen atoms in total. The number of rotatable bonds is 5. The zero-order chi connectivity index (χ0) is 13.8. The van der Waals surface area contributed by atoms with Crippen LogP contribution in [0.1, 0.15) is 21.7 Å². The van der Waals surface area contributed by atoms with E-state index in [1.807, 2.05) is 0 Å². The van der Waals surface area contributed by atoms with E-state index in [1.54, 1.807) is 12.3 Å². The lowest BCUT2D eigenvalue weighted by Crippen LogP contribution is -2.26. The Morgan fingerprint density at radius 3 is 2.83 bits per heavy atom. The summed E-state index contributed by atoms with van der Waals surface area (Å²) in [6.07, 6.45) is 5.34. The van der Waals surface area contributed by atoms with Crippen molar-refractivity contribution in [2.24, 2.45) is 0 Å². The van der Waals surface area contributed by atoms with Crippen LogP contribution in [-0.4, -0.2) is 28.0 Å². The van der Waals surface area contributed by atoms with Crippen LogP contribution in [-0.2, 0) is 14.8 Å². The minimum atomic E-state index is -3.74. The molecule has 0 bridgehead atoms. The zero-order valence-corrected chi connectivity index (χ0v) is 11.7. The van der Waals surface area contributed by atoms with Crippen LogP contribution in [0.4, 0.5) is 0 Å². The molecule has 7 heteroatoms. The number of hydrogen-bond donors (Lipinski definition) is 1. The fourth-order valence-electron chi connectivity index (χ4n) is 1.33. The highest BCUT2D eigenvalue weighted by Crippen LogP contribution is 2.27. The Morgan fingerprint density at radius 2 is 2.28 bits per heavy atom. The smallest absolute Gasteiger partial charge is 0.349 e.